The molecule has 9 heteroatoms. The summed E-state index contributed by atoms with van der Waals surface area (Å²) in [7, 11) is -2.40. The lowest BCUT2D eigenvalue weighted by molar-refractivity contribution is 0.102. The van der Waals surface area contributed by atoms with E-state index in [1.807, 2.05) is 6.07 Å². The largest absolute Gasteiger partial charge is 0.497 e. The lowest BCUT2D eigenvalue weighted by Gasteiger charge is -2.12. The molecule has 0 unspecified atom stereocenters. The van der Waals surface area contributed by atoms with Gasteiger partial charge in [0.15, 0.2) is 6.61 Å². The van der Waals surface area contributed by atoms with Gasteiger partial charge in [0.25, 0.3) is 15.9 Å². The first-order valence-corrected chi connectivity index (χ1v) is 11.0. The lowest BCUT2D eigenvalue weighted by Crippen LogP contribution is -2.17. The van der Waals surface area contributed by atoms with Crippen molar-refractivity contribution >= 4 is 27.3 Å². The van der Waals surface area contributed by atoms with Crippen molar-refractivity contribution in [1.82, 2.24) is 0 Å². The van der Waals surface area contributed by atoms with E-state index >= 15 is 0 Å². The number of nitriles is 1. The summed E-state index contributed by atoms with van der Waals surface area (Å²) in [6.07, 6.45) is 0. The quantitative estimate of drug-likeness (QED) is 0.535. The number of ether oxygens (including phenoxy) is 2. The van der Waals surface area contributed by atoms with Crippen molar-refractivity contribution in [3.63, 3.8) is 0 Å². The predicted octanol–water partition coefficient (Wildman–Crippen LogP) is 3.96. The van der Waals surface area contributed by atoms with Crippen molar-refractivity contribution in [2.24, 2.45) is 0 Å². The minimum atomic E-state index is -3.92. The van der Waals surface area contributed by atoms with E-state index in [-0.39, 0.29) is 17.1 Å². The molecule has 8 nitrogen and oxygen atoms in total. The zero-order chi connectivity index (χ0) is 23.1. The first kappa shape index (κ1) is 22.7. The average Bonchev–Trinajstić information content (AvgIpc) is 2.78. The fourth-order valence-corrected chi connectivity index (χ4v) is 3.95. The molecule has 2 N–H and O–H groups in total. The fourth-order valence-electron chi connectivity index (χ4n) is 2.86. The van der Waals surface area contributed by atoms with Gasteiger partial charge in [-0.2, -0.15) is 5.26 Å². The highest BCUT2D eigenvalue weighted by atomic mass is 32.2. The highest BCUT2D eigenvalue weighted by molar-refractivity contribution is 7.92. The Bertz CT molecular complexity index is 1270. The number of methoxy groups -OCH3 is 1. The van der Waals surface area contributed by atoms with Crippen LogP contribution in [0.5, 0.6) is 11.5 Å². The molecule has 0 fully saturated rings. The Hall–Kier alpha value is -4.03. The Morgan fingerprint density at radius 1 is 1.00 bits per heavy atom. The normalized spacial score (nSPS) is 10.7. The van der Waals surface area contributed by atoms with Crippen LogP contribution in [0, 0.1) is 18.3 Å². The molecule has 0 atom stereocenters. The van der Waals surface area contributed by atoms with E-state index < -0.39 is 15.9 Å². The molecular weight excluding hydrogens is 430 g/mol. The summed E-state index contributed by atoms with van der Waals surface area (Å²) in [5.41, 5.74) is 1.65. The van der Waals surface area contributed by atoms with Gasteiger partial charge in [-0.05, 0) is 61.0 Å². The summed E-state index contributed by atoms with van der Waals surface area (Å²) in [5, 5.41) is 11.4. The minimum absolute atomic E-state index is 0.0461. The number of rotatable bonds is 8. The number of benzene rings is 3. The molecule has 0 aliphatic carbocycles. The van der Waals surface area contributed by atoms with Crippen molar-refractivity contribution in [3.05, 3.63) is 77.9 Å². The topological polar surface area (TPSA) is 118 Å². The van der Waals surface area contributed by atoms with E-state index in [2.05, 4.69) is 10.0 Å². The Balaban J connectivity index is 1.81. The second-order valence-corrected chi connectivity index (χ2v) is 8.42. The molecule has 3 aromatic rings. The summed E-state index contributed by atoms with van der Waals surface area (Å²) < 4.78 is 38.5. The molecule has 0 saturated carbocycles. The van der Waals surface area contributed by atoms with Gasteiger partial charge in [0, 0.05) is 23.0 Å². The van der Waals surface area contributed by atoms with Crippen LogP contribution < -0.4 is 19.5 Å². The Morgan fingerprint density at radius 2 is 1.75 bits per heavy atom. The van der Waals surface area contributed by atoms with E-state index in [1.165, 1.54) is 19.2 Å². The third-order valence-corrected chi connectivity index (χ3v) is 5.88. The fraction of sp³-hybridized carbons (Fsp3) is 0.130. The van der Waals surface area contributed by atoms with Gasteiger partial charge in [-0.3, -0.25) is 9.52 Å². The van der Waals surface area contributed by atoms with Crippen molar-refractivity contribution in [2.45, 2.75) is 11.8 Å². The average molecular weight is 452 g/mol. The molecule has 0 spiro atoms. The summed E-state index contributed by atoms with van der Waals surface area (Å²) in [6.45, 7) is 1.60. The van der Waals surface area contributed by atoms with Gasteiger partial charge < -0.3 is 14.8 Å². The van der Waals surface area contributed by atoms with Crippen LogP contribution in [-0.2, 0) is 10.0 Å². The van der Waals surface area contributed by atoms with Crippen molar-refractivity contribution < 1.29 is 22.7 Å². The molecule has 0 saturated heterocycles. The SMILES string of the molecule is COc1ccc(NS(=O)(=O)c2ccc(C)c(C(=O)Nc3cccc(OCC#N)c3)c2)cc1. The number of amides is 1. The standard InChI is InChI=1S/C23H21N3O5S/c1-16-6-11-21(32(28,29)26-17-7-9-19(30-2)10-8-17)15-22(16)23(27)25-18-4-3-5-20(14-18)31-13-12-24/h3-11,14-15,26H,13H2,1-2H3,(H,25,27). The third kappa shape index (κ3) is 5.56. The maximum absolute atomic E-state index is 12.8. The number of aryl methyl sites for hydroxylation is 1. The van der Waals surface area contributed by atoms with Crippen LogP contribution in [0.1, 0.15) is 15.9 Å². The molecule has 32 heavy (non-hydrogen) atoms. The molecule has 1 amide bonds. The van der Waals surface area contributed by atoms with Gasteiger partial charge in [-0.15, -0.1) is 0 Å². The van der Waals surface area contributed by atoms with Gasteiger partial charge in [0.2, 0.25) is 0 Å². The van der Waals surface area contributed by atoms with Gasteiger partial charge in [-0.25, -0.2) is 8.42 Å². The molecule has 0 heterocycles. The number of hydrogen-bond donors (Lipinski definition) is 2. The second kappa shape index (κ2) is 9.85. The lowest BCUT2D eigenvalue weighted by atomic mass is 10.1. The molecule has 3 rings (SSSR count). The molecule has 164 valence electrons. The van der Waals surface area contributed by atoms with E-state index in [0.717, 1.165) is 0 Å². The minimum Gasteiger partial charge on any atom is -0.497 e. The second-order valence-electron chi connectivity index (χ2n) is 6.74. The zero-order valence-corrected chi connectivity index (χ0v) is 18.3. The molecule has 0 aromatic heterocycles. The van der Waals surface area contributed by atoms with E-state index in [1.54, 1.807) is 61.5 Å². The number of nitrogens with one attached hydrogen (secondary N) is 2. The van der Waals surface area contributed by atoms with E-state index in [0.29, 0.717) is 28.4 Å². The van der Waals surface area contributed by atoms with Crippen LogP contribution in [0.4, 0.5) is 11.4 Å². The van der Waals surface area contributed by atoms with Crippen LogP contribution in [-0.4, -0.2) is 28.0 Å². The maximum Gasteiger partial charge on any atom is 0.261 e. The molecular formula is C23H21N3O5S. The van der Waals surface area contributed by atoms with Gasteiger partial charge in [0.05, 0.1) is 12.0 Å². The number of carbonyl (C=O) groups excluding carboxylic acids is 1. The number of nitrogens with zero attached hydrogens (tertiary/aromatic N) is 1. The van der Waals surface area contributed by atoms with Crippen LogP contribution in [0.25, 0.3) is 0 Å². The van der Waals surface area contributed by atoms with Crippen molar-refractivity contribution in [2.75, 3.05) is 23.8 Å². The molecule has 3 aromatic carbocycles. The maximum atomic E-state index is 12.8. The summed E-state index contributed by atoms with van der Waals surface area (Å²) in [6, 6.07) is 19.2. The Labute approximate surface area is 186 Å². The molecule has 0 aliphatic heterocycles. The number of carbonyl (C=O) groups is 1. The van der Waals surface area contributed by atoms with E-state index in [9.17, 15) is 13.2 Å². The van der Waals surface area contributed by atoms with Crippen LogP contribution in [0.15, 0.2) is 71.6 Å². The first-order valence-electron chi connectivity index (χ1n) is 9.51. The molecule has 0 radical (unpaired) electrons. The molecule has 0 bridgehead atoms. The number of hydrogen-bond acceptors (Lipinski definition) is 6. The van der Waals surface area contributed by atoms with Crippen LogP contribution >= 0.6 is 0 Å². The zero-order valence-electron chi connectivity index (χ0n) is 17.5. The summed E-state index contributed by atoms with van der Waals surface area (Å²) in [4.78, 5) is 12.8. The van der Waals surface area contributed by atoms with Crippen molar-refractivity contribution in [1.29, 1.82) is 5.26 Å². The predicted molar refractivity (Wildman–Crippen MR) is 120 cm³/mol. The van der Waals surface area contributed by atoms with Gasteiger partial charge in [-0.1, -0.05) is 12.1 Å². The highest BCUT2D eigenvalue weighted by Crippen LogP contribution is 2.23. The van der Waals surface area contributed by atoms with Crippen LogP contribution in [0.3, 0.4) is 0 Å². The Morgan fingerprint density at radius 3 is 2.44 bits per heavy atom. The molecule has 0 aliphatic rings. The summed E-state index contributed by atoms with van der Waals surface area (Å²) in [5.74, 6) is 0.562. The monoisotopic (exact) mass is 451 g/mol. The first-order chi connectivity index (χ1) is 15.3. The third-order valence-electron chi connectivity index (χ3n) is 4.50. The smallest absolute Gasteiger partial charge is 0.261 e. The van der Waals surface area contributed by atoms with Gasteiger partial charge >= 0.3 is 0 Å². The van der Waals surface area contributed by atoms with Gasteiger partial charge in [0.1, 0.15) is 17.6 Å². The Kier molecular flexibility index (Phi) is 6.97. The van der Waals surface area contributed by atoms with E-state index in [4.69, 9.17) is 14.7 Å². The summed E-state index contributed by atoms with van der Waals surface area (Å²) >= 11 is 0. The number of sulfonamides is 1. The highest BCUT2D eigenvalue weighted by Gasteiger charge is 2.19. The van der Waals surface area contributed by atoms with Crippen molar-refractivity contribution in [3.8, 4) is 17.6 Å². The number of anilines is 2. The van der Waals surface area contributed by atoms with Crippen LogP contribution in [0.2, 0.25) is 0 Å².